The van der Waals surface area contributed by atoms with Crippen molar-refractivity contribution in [2.75, 3.05) is 0 Å². The van der Waals surface area contributed by atoms with Crippen LogP contribution in [0.25, 0.3) is 22.9 Å². The van der Waals surface area contributed by atoms with Gasteiger partial charge >= 0.3 is 5.97 Å². The topological polar surface area (TPSA) is 105 Å². The molecule has 7 nitrogen and oxygen atoms in total. The quantitative estimate of drug-likeness (QED) is 0.765. The van der Waals surface area contributed by atoms with E-state index in [1.807, 2.05) is 13.0 Å². The summed E-state index contributed by atoms with van der Waals surface area (Å²) in [4.78, 5) is 11.5. The number of hydrogen-bond acceptors (Lipinski definition) is 5. The van der Waals surface area contributed by atoms with Crippen LogP contribution in [0.2, 0.25) is 0 Å². The van der Waals surface area contributed by atoms with Crippen molar-refractivity contribution in [3.63, 3.8) is 0 Å². The number of hydrogen-bond donors (Lipinski definition) is 2. The molecule has 3 rings (SSSR count). The summed E-state index contributed by atoms with van der Waals surface area (Å²) in [6, 6.07) is 3.59. The number of carboxylic acids is 1. The van der Waals surface area contributed by atoms with Gasteiger partial charge in [0.15, 0.2) is 0 Å². The Morgan fingerprint density at radius 1 is 1.19 bits per heavy atom. The fraction of sp³-hybridized carbons (Fsp3) is 0.143. The van der Waals surface area contributed by atoms with E-state index < -0.39 is 5.97 Å². The normalized spacial score (nSPS) is 10.8. The Bertz CT molecular complexity index is 806. The van der Waals surface area contributed by atoms with E-state index in [1.54, 1.807) is 25.4 Å². The summed E-state index contributed by atoms with van der Waals surface area (Å²) in [5, 5.41) is 23.8. The Morgan fingerprint density at radius 2 is 1.90 bits per heavy atom. The molecule has 0 spiro atoms. The second-order valence-electron chi connectivity index (χ2n) is 4.65. The maximum Gasteiger partial charge on any atom is 0.336 e. The zero-order valence-corrected chi connectivity index (χ0v) is 11.4. The van der Waals surface area contributed by atoms with E-state index in [2.05, 4.69) is 20.4 Å². The monoisotopic (exact) mass is 284 g/mol. The van der Waals surface area contributed by atoms with Crippen LogP contribution in [-0.4, -0.2) is 31.5 Å². The van der Waals surface area contributed by atoms with Crippen LogP contribution in [-0.2, 0) is 0 Å². The minimum Gasteiger partial charge on any atom is -0.478 e. The molecule has 0 aliphatic carbocycles. The molecule has 0 amide bonds. The van der Waals surface area contributed by atoms with Crippen LogP contribution in [0.3, 0.4) is 0 Å². The Balaban J connectivity index is 2.17. The molecule has 0 radical (unpaired) electrons. The fourth-order valence-electron chi connectivity index (χ4n) is 2.17. The number of aromatic carboxylic acids is 1. The Morgan fingerprint density at radius 3 is 2.57 bits per heavy atom. The van der Waals surface area contributed by atoms with Crippen LogP contribution in [0.4, 0.5) is 0 Å². The molecule has 7 heteroatoms. The van der Waals surface area contributed by atoms with E-state index in [9.17, 15) is 9.90 Å². The number of nitrogens with zero attached hydrogens (tertiary/aromatic N) is 3. The van der Waals surface area contributed by atoms with Gasteiger partial charge in [0.05, 0.1) is 22.9 Å². The van der Waals surface area contributed by atoms with Gasteiger partial charge in [0.1, 0.15) is 0 Å². The SMILES string of the molecule is Cc1ccc(C)c(-c2nnc(-c3cn[nH]c3)o2)c1C(=O)O. The van der Waals surface area contributed by atoms with Crippen LogP contribution in [0.15, 0.2) is 28.9 Å². The van der Waals surface area contributed by atoms with Gasteiger partial charge in [-0.05, 0) is 25.0 Å². The average molecular weight is 284 g/mol. The minimum absolute atomic E-state index is 0.178. The van der Waals surface area contributed by atoms with Crippen LogP contribution >= 0.6 is 0 Å². The molecule has 21 heavy (non-hydrogen) atoms. The summed E-state index contributed by atoms with van der Waals surface area (Å²) in [7, 11) is 0. The highest BCUT2D eigenvalue weighted by atomic mass is 16.4. The number of benzene rings is 1. The van der Waals surface area contributed by atoms with E-state index in [1.165, 1.54) is 0 Å². The largest absolute Gasteiger partial charge is 0.478 e. The number of rotatable bonds is 3. The molecule has 0 fully saturated rings. The highest BCUT2D eigenvalue weighted by Gasteiger charge is 2.22. The van der Waals surface area contributed by atoms with Gasteiger partial charge in [-0.3, -0.25) is 5.10 Å². The lowest BCUT2D eigenvalue weighted by molar-refractivity contribution is 0.0696. The van der Waals surface area contributed by atoms with Crippen LogP contribution in [0.1, 0.15) is 21.5 Å². The van der Waals surface area contributed by atoms with Gasteiger partial charge in [0.2, 0.25) is 5.89 Å². The molecular formula is C14H12N4O3. The van der Waals surface area contributed by atoms with Crippen molar-refractivity contribution in [1.82, 2.24) is 20.4 Å². The lowest BCUT2D eigenvalue weighted by atomic mass is 9.97. The number of H-pyrrole nitrogens is 1. The third kappa shape index (κ3) is 2.18. The second-order valence-corrected chi connectivity index (χ2v) is 4.65. The van der Waals surface area contributed by atoms with E-state index in [-0.39, 0.29) is 17.3 Å². The van der Waals surface area contributed by atoms with Gasteiger partial charge in [0.25, 0.3) is 5.89 Å². The Kier molecular flexibility index (Phi) is 3.02. The van der Waals surface area contributed by atoms with Crippen molar-refractivity contribution in [1.29, 1.82) is 0 Å². The fourth-order valence-corrected chi connectivity index (χ4v) is 2.17. The summed E-state index contributed by atoms with van der Waals surface area (Å²) >= 11 is 0. The Hall–Kier alpha value is -2.96. The molecular weight excluding hydrogens is 272 g/mol. The summed E-state index contributed by atoms with van der Waals surface area (Å²) in [6.07, 6.45) is 3.18. The van der Waals surface area contributed by atoms with Gasteiger partial charge < -0.3 is 9.52 Å². The van der Waals surface area contributed by atoms with Gasteiger partial charge in [-0.1, -0.05) is 12.1 Å². The highest BCUT2D eigenvalue weighted by molar-refractivity contribution is 5.97. The number of aromatic amines is 1. The zero-order chi connectivity index (χ0) is 15.0. The van der Waals surface area contributed by atoms with Gasteiger partial charge in [-0.15, -0.1) is 10.2 Å². The van der Waals surface area contributed by atoms with Gasteiger partial charge in [-0.25, -0.2) is 4.79 Å². The molecule has 0 aliphatic heterocycles. The summed E-state index contributed by atoms with van der Waals surface area (Å²) in [5.41, 5.74) is 2.68. The molecule has 2 aromatic heterocycles. The first-order valence-electron chi connectivity index (χ1n) is 6.24. The van der Waals surface area contributed by atoms with Crippen molar-refractivity contribution < 1.29 is 14.3 Å². The predicted molar refractivity (Wildman–Crippen MR) is 73.7 cm³/mol. The van der Waals surface area contributed by atoms with Crippen LogP contribution in [0, 0.1) is 13.8 Å². The number of aromatic nitrogens is 4. The van der Waals surface area contributed by atoms with E-state index >= 15 is 0 Å². The molecule has 0 saturated carbocycles. The highest BCUT2D eigenvalue weighted by Crippen LogP contribution is 2.30. The zero-order valence-electron chi connectivity index (χ0n) is 11.4. The second kappa shape index (κ2) is 4.86. The smallest absolute Gasteiger partial charge is 0.336 e. The molecule has 3 aromatic rings. The standard InChI is InChI=1S/C14H12N4O3/c1-7-3-4-8(2)11(14(19)20)10(7)13-18-17-12(21-13)9-5-15-16-6-9/h3-6H,1-2H3,(H,15,16)(H,19,20). The number of aryl methyl sites for hydroxylation is 2. The number of carboxylic acid groups (broad SMARTS) is 1. The predicted octanol–water partition coefficient (Wildman–Crippen LogP) is 2.44. The molecule has 0 saturated heterocycles. The van der Waals surface area contributed by atoms with Gasteiger partial charge in [-0.2, -0.15) is 5.10 Å². The lowest BCUT2D eigenvalue weighted by Crippen LogP contribution is -2.04. The van der Waals surface area contributed by atoms with Crippen molar-refractivity contribution >= 4 is 5.97 Å². The molecule has 1 aromatic carbocycles. The lowest BCUT2D eigenvalue weighted by Gasteiger charge is -2.08. The van der Waals surface area contributed by atoms with Crippen molar-refractivity contribution in [3.05, 3.63) is 41.2 Å². The van der Waals surface area contributed by atoms with Crippen molar-refractivity contribution in [3.8, 4) is 22.9 Å². The van der Waals surface area contributed by atoms with Gasteiger partial charge in [0, 0.05) is 6.20 Å². The molecule has 2 N–H and O–H groups in total. The number of carbonyl (C=O) groups is 1. The average Bonchev–Trinajstić information content (AvgIpc) is 3.10. The molecule has 0 atom stereocenters. The number of nitrogens with one attached hydrogen (secondary N) is 1. The summed E-state index contributed by atoms with van der Waals surface area (Å²) in [6.45, 7) is 3.54. The maximum atomic E-state index is 11.5. The Labute approximate surface area is 119 Å². The summed E-state index contributed by atoms with van der Waals surface area (Å²) < 4.78 is 5.60. The first-order chi connectivity index (χ1) is 10.1. The molecule has 2 heterocycles. The van der Waals surface area contributed by atoms with E-state index in [0.717, 1.165) is 5.56 Å². The molecule has 106 valence electrons. The third-order valence-electron chi connectivity index (χ3n) is 3.22. The summed E-state index contributed by atoms with van der Waals surface area (Å²) in [5.74, 6) is -0.546. The van der Waals surface area contributed by atoms with Crippen molar-refractivity contribution in [2.24, 2.45) is 0 Å². The third-order valence-corrected chi connectivity index (χ3v) is 3.22. The molecule has 0 bridgehead atoms. The first-order valence-corrected chi connectivity index (χ1v) is 6.24. The minimum atomic E-state index is -1.02. The van der Waals surface area contributed by atoms with E-state index in [0.29, 0.717) is 16.7 Å². The molecule has 0 aliphatic rings. The van der Waals surface area contributed by atoms with Crippen LogP contribution in [0.5, 0.6) is 0 Å². The van der Waals surface area contributed by atoms with Crippen molar-refractivity contribution in [2.45, 2.75) is 13.8 Å². The van der Waals surface area contributed by atoms with E-state index in [4.69, 9.17) is 4.42 Å². The van der Waals surface area contributed by atoms with Crippen LogP contribution < -0.4 is 0 Å². The molecule has 0 unspecified atom stereocenters. The first kappa shape index (κ1) is 13.0. The maximum absolute atomic E-state index is 11.5.